The van der Waals surface area contributed by atoms with Crippen molar-refractivity contribution in [2.45, 2.75) is 38.5 Å². The molecule has 7 rings (SSSR count). The first-order valence-electron chi connectivity index (χ1n) is 12.1. The lowest BCUT2D eigenvalue weighted by molar-refractivity contribution is -0.161. The molecule has 1 N–H and O–H groups in total. The summed E-state index contributed by atoms with van der Waals surface area (Å²) in [5, 5.41) is 2.88. The van der Waals surface area contributed by atoms with Gasteiger partial charge < -0.3 is 19.5 Å². The molecule has 6 nitrogen and oxygen atoms in total. The van der Waals surface area contributed by atoms with Crippen LogP contribution < -0.4 is 19.5 Å². The van der Waals surface area contributed by atoms with Crippen LogP contribution in [0, 0.1) is 23.2 Å². The van der Waals surface area contributed by atoms with Gasteiger partial charge in [0, 0.05) is 17.2 Å². The van der Waals surface area contributed by atoms with Crippen molar-refractivity contribution in [1.82, 2.24) is 0 Å². The highest BCUT2D eigenvalue weighted by molar-refractivity contribution is 6.35. The Kier molecular flexibility index (Phi) is 4.94. The van der Waals surface area contributed by atoms with Crippen LogP contribution in [0.2, 0.25) is 0 Å². The maximum absolute atomic E-state index is 13.2. The minimum Gasteiger partial charge on any atom is -0.493 e. The zero-order chi connectivity index (χ0) is 23.4. The van der Waals surface area contributed by atoms with Gasteiger partial charge in [-0.2, -0.15) is 0 Å². The van der Waals surface area contributed by atoms with Crippen molar-refractivity contribution in [2.24, 2.45) is 23.2 Å². The fourth-order valence-electron chi connectivity index (χ4n) is 7.04. The maximum Gasteiger partial charge on any atom is 0.317 e. The highest BCUT2D eigenvalue weighted by atomic mass is 16.5. The standard InChI is InChI=1S/C28H29NO5/c1-32-24-11-21-22(26(30)29-23(21)12-25(24)33-2)10-16-3-5-20(6-4-16)34-27(31)28-13-17-7-18(14-28)9-19(8-17)15-28/h3-6,10-12,17-19H,7-9,13-15H2,1-2H3,(H,29,30)/b22-10+. The average Bonchev–Trinajstić information content (AvgIpc) is 3.12. The summed E-state index contributed by atoms with van der Waals surface area (Å²) in [7, 11) is 3.14. The van der Waals surface area contributed by atoms with Crippen molar-refractivity contribution in [3.8, 4) is 17.2 Å². The number of amides is 1. The Labute approximate surface area is 199 Å². The molecule has 4 aliphatic carbocycles. The number of hydrogen-bond donors (Lipinski definition) is 1. The first-order chi connectivity index (χ1) is 16.5. The summed E-state index contributed by atoms with van der Waals surface area (Å²) < 4.78 is 16.6. The molecule has 2 aromatic carbocycles. The van der Waals surface area contributed by atoms with Crippen LogP contribution in [0.15, 0.2) is 36.4 Å². The molecule has 4 saturated carbocycles. The highest BCUT2D eigenvalue weighted by Gasteiger charge is 2.55. The first-order valence-corrected chi connectivity index (χ1v) is 12.1. The number of hydrogen-bond acceptors (Lipinski definition) is 5. The van der Waals surface area contributed by atoms with Crippen molar-refractivity contribution in [3.05, 3.63) is 47.5 Å². The van der Waals surface area contributed by atoms with Crippen LogP contribution in [0.1, 0.15) is 49.7 Å². The van der Waals surface area contributed by atoms with Crippen LogP contribution in [0.3, 0.4) is 0 Å². The Bertz CT molecular complexity index is 1160. The minimum atomic E-state index is -0.277. The molecule has 34 heavy (non-hydrogen) atoms. The van der Waals surface area contributed by atoms with Crippen molar-refractivity contribution in [1.29, 1.82) is 0 Å². The molecule has 4 fully saturated rings. The van der Waals surface area contributed by atoms with Gasteiger partial charge in [-0.25, -0.2) is 0 Å². The topological polar surface area (TPSA) is 73.9 Å². The Balaban J connectivity index is 1.21. The smallest absolute Gasteiger partial charge is 0.317 e. The van der Waals surface area contributed by atoms with Gasteiger partial charge in [-0.05, 0) is 86.1 Å². The fourth-order valence-corrected chi connectivity index (χ4v) is 7.04. The van der Waals surface area contributed by atoms with Crippen LogP contribution in [0.5, 0.6) is 17.2 Å². The molecule has 1 amide bonds. The van der Waals surface area contributed by atoms with Crippen LogP contribution >= 0.6 is 0 Å². The second kappa shape index (κ2) is 7.90. The number of benzene rings is 2. The normalized spacial score (nSPS) is 29.6. The molecule has 0 saturated heterocycles. The Morgan fingerprint density at radius 1 is 0.941 bits per heavy atom. The van der Waals surface area contributed by atoms with E-state index in [1.807, 2.05) is 30.3 Å². The van der Waals surface area contributed by atoms with E-state index < -0.39 is 0 Å². The van der Waals surface area contributed by atoms with E-state index in [-0.39, 0.29) is 17.3 Å². The molecule has 1 aliphatic heterocycles. The van der Waals surface area contributed by atoms with Crippen LogP contribution in [0.4, 0.5) is 5.69 Å². The second-order valence-corrected chi connectivity index (χ2v) is 10.4. The number of anilines is 1. The number of carbonyl (C=O) groups excluding carboxylic acids is 2. The molecular weight excluding hydrogens is 430 g/mol. The lowest BCUT2D eigenvalue weighted by Crippen LogP contribution is -2.51. The van der Waals surface area contributed by atoms with E-state index in [9.17, 15) is 9.59 Å². The van der Waals surface area contributed by atoms with Crippen molar-refractivity contribution in [2.75, 3.05) is 19.5 Å². The summed E-state index contributed by atoms with van der Waals surface area (Å²) in [6.07, 6.45) is 8.69. The lowest BCUT2D eigenvalue weighted by atomic mass is 9.49. The molecule has 4 bridgehead atoms. The zero-order valence-corrected chi connectivity index (χ0v) is 19.6. The molecule has 0 unspecified atom stereocenters. The van der Waals surface area contributed by atoms with Gasteiger partial charge in [-0.3, -0.25) is 9.59 Å². The van der Waals surface area contributed by atoms with Crippen molar-refractivity contribution < 1.29 is 23.8 Å². The molecule has 1 heterocycles. The summed E-state index contributed by atoms with van der Waals surface area (Å²) in [6.45, 7) is 0. The van der Waals surface area contributed by atoms with Gasteiger partial charge >= 0.3 is 5.97 Å². The number of esters is 1. The molecule has 0 aromatic heterocycles. The van der Waals surface area contributed by atoms with Gasteiger partial charge in [0.15, 0.2) is 11.5 Å². The Morgan fingerprint density at radius 2 is 1.53 bits per heavy atom. The van der Waals surface area contributed by atoms with E-state index in [1.165, 1.54) is 19.3 Å². The van der Waals surface area contributed by atoms with Gasteiger partial charge in [-0.15, -0.1) is 0 Å². The number of fused-ring (bicyclic) bond motifs is 1. The van der Waals surface area contributed by atoms with Gasteiger partial charge in [0.1, 0.15) is 5.75 Å². The Morgan fingerprint density at radius 3 is 2.12 bits per heavy atom. The van der Waals surface area contributed by atoms with Crippen LogP contribution in [0.25, 0.3) is 11.6 Å². The monoisotopic (exact) mass is 459 g/mol. The molecule has 0 atom stereocenters. The van der Waals surface area contributed by atoms with E-state index in [0.717, 1.165) is 30.4 Å². The predicted octanol–water partition coefficient (Wildman–Crippen LogP) is 5.32. The summed E-state index contributed by atoms with van der Waals surface area (Å²) in [5.41, 5.74) is 2.58. The average molecular weight is 460 g/mol. The van der Waals surface area contributed by atoms with Crippen molar-refractivity contribution >= 4 is 29.2 Å². The highest BCUT2D eigenvalue weighted by Crippen LogP contribution is 2.60. The molecule has 176 valence electrons. The summed E-state index contributed by atoms with van der Waals surface area (Å²) in [4.78, 5) is 25.8. The van der Waals surface area contributed by atoms with Crippen molar-refractivity contribution in [3.63, 3.8) is 0 Å². The third-order valence-electron chi connectivity index (χ3n) is 8.18. The summed E-state index contributed by atoms with van der Waals surface area (Å²) >= 11 is 0. The van der Waals surface area contributed by atoms with Crippen LogP contribution in [-0.2, 0) is 9.59 Å². The van der Waals surface area contributed by atoms with Crippen LogP contribution in [-0.4, -0.2) is 26.1 Å². The molecule has 6 heteroatoms. The summed E-state index contributed by atoms with van der Waals surface area (Å²) in [6, 6.07) is 10.9. The number of rotatable bonds is 5. The molecular formula is C28H29NO5. The first kappa shape index (κ1) is 21.3. The molecule has 2 aromatic rings. The molecule has 0 radical (unpaired) electrons. The quantitative estimate of drug-likeness (QED) is 0.372. The fraction of sp³-hybridized carbons (Fsp3) is 0.429. The van der Waals surface area contributed by atoms with E-state index in [4.69, 9.17) is 14.2 Å². The van der Waals surface area contributed by atoms with E-state index in [1.54, 1.807) is 26.4 Å². The summed E-state index contributed by atoms with van der Waals surface area (Å²) in [5.74, 6) is 3.56. The van der Waals surface area contributed by atoms with Gasteiger partial charge in [0.05, 0.1) is 25.3 Å². The molecule has 5 aliphatic rings. The van der Waals surface area contributed by atoms with E-state index >= 15 is 0 Å². The lowest BCUT2D eigenvalue weighted by Gasteiger charge is -2.55. The van der Waals surface area contributed by atoms with E-state index in [0.29, 0.717) is 46.3 Å². The van der Waals surface area contributed by atoms with Gasteiger partial charge in [0.2, 0.25) is 0 Å². The predicted molar refractivity (Wildman–Crippen MR) is 129 cm³/mol. The number of carbonyl (C=O) groups is 2. The second-order valence-electron chi connectivity index (χ2n) is 10.4. The van der Waals surface area contributed by atoms with E-state index in [2.05, 4.69) is 5.32 Å². The SMILES string of the molecule is COc1cc2c(cc1OC)/C(=C\c1ccc(OC(=O)C34CC5CC(CC(C5)C3)C4)cc1)C(=O)N2. The maximum atomic E-state index is 13.2. The molecule has 0 spiro atoms. The third-order valence-corrected chi connectivity index (χ3v) is 8.18. The van der Waals surface area contributed by atoms with Gasteiger partial charge in [0.25, 0.3) is 5.91 Å². The largest absolute Gasteiger partial charge is 0.493 e. The number of ether oxygens (including phenoxy) is 3. The minimum absolute atomic E-state index is 0.0529. The third kappa shape index (κ3) is 3.47. The zero-order valence-electron chi connectivity index (χ0n) is 19.6. The number of nitrogens with one attached hydrogen (secondary N) is 1. The van der Waals surface area contributed by atoms with Gasteiger partial charge in [-0.1, -0.05) is 12.1 Å². The Hall–Kier alpha value is -3.28. The number of methoxy groups -OCH3 is 2.